The second-order valence-electron chi connectivity index (χ2n) is 9.48. The SMILES string of the molecule is Cc1cc(C)c(Nc2nc3cc(F)cc(N(CC4CC4)CC4CC4)c3n2C)c(C)c1. The molecule has 0 unspecified atom stereocenters. The number of nitrogens with one attached hydrogen (secondary N) is 1. The van der Waals surface area contributed by atoms with Crippen LogP contribution in [0.5, 0.6) is 0 Å². The van der Waals surface area contributed by atoms with Crippen LogP contribution in [0.4, 0.5) is 21.7 Å². The summed E-state index contributed by atoms with van der Waals surface area (Å²) >= 11 is 0. The van der Waals surface area contributed by atoms with E-state index in [4.69, 9.17) is 4.98 Å². The second-order valence-corrected chi connectivity index (χ2v) is 9.48. The predicted octanol–water partition coefficient (Wildman–Crippen LogP) is 6.01. The van der Waals surface area contributed by atoms with Crippen LogP contribution in [0, 0.1) is 38.4 Å². The predicted molar refractivity (Wildman–Crippen MR) is 122 cm³/mol. The van der Waals surface area contributed by atoms with Gasteiger partial charge in [0.2, 0.25) is 5.95 Å². The molecule has 0 saturated heterocycles. The van der Waals surface area contributed by atoms with E-state index in [1.165, 1.54) is 42.4 Å². The molecule has 1 heterocycles. The van der Waals surface area contributed by atoms with E-state index in [0.717, 1.165) is 47.8 Å². The third-order valence-corrected chi connectivity index (χ3v) is 6.52. The minimum absolute atomic E-state index is 0.207. The van der Waals surface area contributed by atoms with Gasteiger partial charge in [-0.15, -0.1) is 0 Å². The molecule has 30 heavy (non-hydrogen) atoms. The fraction of sp³-hybridized carbons (Fsp3) is 0.480. The van der Waals surface area contributed by atoms with Crippen molar-refractivity contribution in [3.05, 3.63) is 46.8 Å². The molecule has 2 fully saturated rings. The molecule has 3 aromatic rings. The van der Waals surface area contributed by atoms with Gasteiger partial charge in [-0.1, -0.05) is 17.7 Å². The number of rotatable bonds is 7. The lowest BCUT2D eigenvalue weighted by Crippen LogP contribution is -2.28. The van der Waals surface area contributed by atoms with Crippen molar-refractivity contribution in [1.29, 1.82) is 0 Å². The highest BCUT2D eigenvalue weighted by molar-refractivity contribution is 5.92. The maximum atomic E-state index is 14.6. The van der Waals surface area contributed by atoms with Crippen molar-refractivity contribution < 1.29 is 4.39 Å². The number of hydrogen-bond acceptors (Lipinski definition) is 3. The van der Waals surface area contributed by atoms with Crippen molar-refractivity contribution in [2.24, 2.45) is 18.9 Å². The molecule has 2 aliphatic carbocycles. The van der Waals surface area contributed by atoms with E-state index < -0.39 is 0 Å². The Hall–Kier alpha value is -2.56. The lowest BCUT2D eigenvalue weighted by molar-refractivity contribution is 0.624. The third-order valence-electron chi connectivity index (χ3n) is 6.52. The number of hydrogen-bond donors (Lipinski definition) is 1. The lowest BCUT2D eigenvalue weighted by atomic mass is 10.1. The van der Waals surface area contributed by atoms with Crippen LogP contribution in [0.25, 0.3) is 11.0 Å². The van der Waals surface area contributed by atoms with E-state index in [-0.39, 0.29) is 5.82 Å². The van der Waals surface area contributed by atoms with Gasteiger partial charge in [-0.25, -0.2) is 9.37 Å². The largest absolute Gasteiger partial charge is 0.369 e. The van der Waals surface area contributed by atoms with Crippen molar-refractivity contribution in [3.63, 3.8) is 0 Å². The third kappa shape index (κ3) is 3.78. The van der Waals surface area contributed by atoms with Gasteiger partial charge in [0.1, 0.15) is 5.82 Å². The zero-order valence-electron chi connectivity index (χ0n) is 18.4. The maximum absolute atomic E-state index is 14.6. The quantitative estimate of drug-likeness (QED) is 0.522. The highest BCUT2D eigenvalue weighted by atomic mass is 19.1. The number of nitrogens with zero attached hydrogens (tertiary/aromatic N) is 3. The molecule has 158 valence electrons. The Labute approximate surface area is 178 Å². The standard InChI is InChI=1S/C25H31FN4/c1-15-9-16(2)23(17(3)10-15)28-25-27-21-11-20(26)12-22(24(21)29(25)4)30(13-18-5-6-18)14-19-7-8-19/h9-12,18-19H,5-8,13-14H2,1-4H3,(H,27,28). The van der Waals surface area contributed by atoms with Gasteiger partial charge in [0.15, 0.2) is 0 Å². The number of aromatic nitrogens is 2. The lowest BCUT2D eigenvalue weighted by Gasteiger charge is -2.26. The summed E-state index contributed by atoms with van der Waals surface area (Å²) in [5, 5.41) is 3.53. The van der Waals surface area contributed by atoms with E-state index in [1.807, 2.05) is 7.05 Å². The number of fused-ring (bicyclic) bond motifs is 1. The Morgan fingerprint density at radius 2 is 1.60 bits per heavy atom. The molecule has 0 spiro atoms. The minimum Gasteiger partial charge on any atom is -0.369 e. The summed E-state index contributed by atoms with van der Waals surface area (Å²) in [4.78, 5) is 7.22. The van der Waals surface area contributed by atoms with Crippen molar-refractivity contribution in [2.45, 2.75) is 46.5 Å². The van der Waals surface area contributed by atoms with Gasteiger partial charge in [0.05, 0.1) is 16.7 Å². The first-order chi connectivity index (χ1) is 14.4. The first-order valence-corrected chi connectivity index (χ1v) is 11.1. The number of benzene rings is 2. The highest BCUT2D eigenvalue weighted by Crippen LogP contribution is 2.39. The molecular formula is C25H31FN4. The number of imidazole rings is 1. The van der Waals surface area contributed by atoms with Crippen LogP contribution in [-0.2, 0) is 7.05 Å². The van der Waals surface area contributed by atoms with Gasteiger partial charge in [0.25, 0.3) is 0 Å². The normalized spacial score (nSPS) is 16.3. The Morgan fingerprint density at radius 1 is 1.00 bits per heavy atom. The Balaban J connectivity index is 1.57. The van der Waals surface area contributed by atoms with Crippen LogP contribution in [0.1, 0.15) is 42.4 Å². The van der Waals surface area contributed by atoms with Crippen molar-refractivity contribution >= 4 is 28.4 Å². The molecule has 0 aliphatic heterocycles. The average Bonchev–Trinajstić information content (AvgIpc) is 3.59. The summed E-state index contributed by atoms with van der Waals surface area (Å²) < 4.78 is 16.7. The van der Waals surface area contributed by atoms with E-state index in [9.17, 15) is 4.39 Å². The fourth-order valence-corrected chi connectivity index (χ4v) is 4.63. The van der Waals surface area contributed by atoms with Gasteiger partial charge in [-0.05, 0) is 75.5 Å². The van der Waals surface area contributed by atoms with E-state index in [0.29, 0.717) is 5.52 Å². The van der Waals surface area contributed by atoms with E-state index in [2.05, 4.69) is 47.7 Å². The molecule has 2 saturated carbocycles. The van der Waals surface area contributed by atoms with E-state index in [1.54, 1.807) is 12.1 Å². The van der Waals surface area contributed by atoms with Gasteiger partial charge >= 0.3 is 0 Å². The van der Waals surface area contributed by atoms with Gasteiger partial charge in [-0.3, -0.25) is 0 Å². The van der Waals surface area contributed by atoms with E-state index >= 15 is 0 Å². The zero-order valence-corrected chi connectivity index (χ0v) is 18.4. The highest BCUT2D eigenvalue weighted by Gasteiger charge is 2.31. The minimum atomic E-state index is -0.207. The molecule has 4 nitrogen and oxygen atoms in total. The topological polar surface area (TPSA) is 33.1 Å². The van der Waals surface area contributed by atoms with Crippen molar-refractivity contribution in [2.75, 3.05) is 23.3 Å². The first kappa shape index (κ1) is 19.4. The Kier molecular flexibility index (Phi) is 4.72. The van der Waals surface area contributed by atoms with Crippen LogP contribution in [0.15, 0.2) is 24.3 Å². The summed E-state index contributed by atoms with van der Waals surface area (Å²) in [5.74, 6) is 2.06. The molecule has 0 atom stereocenters. The molecule has 5 heteroatoms. The van der Waals surface area contributed by atoms with Gasteiger partial charge < -0.3 is 14.8 Å². The summed E-state index contributed by atoms with van der Waals surface area (Å²) in [6, 6.07) is 7.62. The molecule has 0 amide bonds. The number of aryl methyl sites for hydroxylation is 4. The van der Waals surface area contributed by atoms with Crippen molar-refractivity contribution in [3.8, 4) is 0 Å². The van der Waals surface area contributed by atoms with Crippen LogP contribution >= 0.6 is 0 Å². The molecule has 1 aromatic heterocycles. The summed E-state index contributed by atoms with van der Waals surface area (Å²) in [7, 11) is 2.03. The van der Waals surface area contributed by atoms with Crippen LogP contribution < -0.4 is 10.2 Å². The summed E-state index contributed by atoms with van der Waals surface area (Å²) in [6.07, 6.45) is 5.18. The molecule has 2 aromatic carbocycles. The zero-order chi connectivity index (χ0) is 21.0. The van der Waals surface area contributed by atoms with Crippen LogP contribution in [0.3, 0.4) is 0 Å². The maximum Gasteiger partial charge on any atom is 0.208 e. The molecule has 1 N–H and O–H groups in total. The Bertz CT molecular complexity index is 1070. The average molecular weight is 407 g/mol. The van der Waals surface area contributed by atoms with Crippen LogP contribution in [-0.4, -0.2) is 22.6 Å². The summed E-state index contributed by atoms with van der Waals surface area (Å²) in [6.45, 7) is 8.40. The fourth-order valence-electron chi connectivity index (χ4n) is 4.63. The smallest absolute Gasteiger partial charge is 0.208 e. The van der Waals surface area contributed by atoms with Crippen LogP contribution in [0.2, 0.25) is 0 Å². The monoisotopic (exact) mass is 406 g/mol. The van der Waals surface area contributed by atoms with Gasteiger partial charge in [-0.2, -0.15) is 0 Å². The summed E-state index contributed by atoms with van der Waals surface area (Å²) in [5.41, 5.74) is 7.43. The Morgan fingerprint density at radius 3 is 2.17 bits per heavy atom. The molecule has 0 bridgehead atoms. The second kappa shape index (κ2) is 7.29. The molecule has 5 rings (SSSR count). The molecule has 2 aliphatic rings. The van der Waals surface area contributed by atoms with Gasteiger partial charge in [0, 0.05) is 31.9 Å². The molecular weight excluding hydrogens is 375 g/mol. The van der Waals surface area contributed by atoms with Crippen molar-refractivity contribution in [1.82, 2.24) is 9.55 Å². The number of anilines is 3. The number of halogens is 1. The first-order valence-electron chi connectivity index (χ1n) is 11.1. The molecule has 0 radical (unpaired) electrons.